The Labute approximate surface area is 127 Å². The molecule has 4 nitrogen and oxygen atoms in total. The number of amidine groups is 1. The third-order valence-electron chi connectivity index (χ3n) is 3.00. The van der Waals surface area contributed by atoms with Crippen LogP contribution >= 0.6 is 35.8 Å². The van der Waals surface area contributed by atoms with Crippen LogP contribution in [-0.4, -0.2) is 46.3 Å². The van der Waals surface area contributed by atoms with Crippen LogP contribution in [0.5, 0.6) is 5.75 Å². The molecule has 0 aliphatic carbocycles. The van der Waals surface area contributed by atoms with Gasteiger partial charge in [0.25, 0.3) is 0 Å². The van der Waals surface area contributed by atoms with Crippen molar-refractivity contribution in [2.75, 3.05) is 25.4 Å². The number of halogens is 2. The summed E-state index contributed by atoms with van der Waals surface area (Å²) in [6.07, 6.45) is 0. The van der Waals surface area contributed by atoms with E-state index >= 15 is 0 Å². The molecule has 1 saturated heterocycles. The van der Waals surface area contributed by atoms with E-state index in [0.717, 1.165) is 18.3 Å². The van der Waals surface area contributed by atoms with Crippen LogP contribution in [0.25, 0.3) is 0 Å². The summed E-state index contributed by atoms with van der Waals surface area (Å²) in [6, 6.07) is 7.19. The van der Waals surface area contributed by atoms with Gasteiger partial charge in [0.2, 0.25) is 0 Å². The maximum absolute atomic E-state index is 10.6. The number of fused-ring (bicyclic) bond motifs is 1. The minimum Gasteiger partial charge on any atom is -0.488 e. The molecule has 0 aromatic heterocycles. The van der Waals surface area contributed by atoms with Gasteiger partial charge in [-0.3, -0.25) is 4.99 Å². The number of rotatable bonds is 3. The Morgan fingerprint density at radius 1 is 1.53 bits per heavy atom. The van der Waals surface area contributed by atoms with Crippen LogP contribution in [0, 0.1) is 0 Å². The SMILES string of the molecule is Cl.OC1(COc2cccc(Cl)c2)CSC2=NCCN21. The largest absolute Gasteiger partial charge is 0.488 e. The lowest BCUT2D eigenvalue weighted by molar-refractivity contribution is -0.0694. The first kappa shape index (κ1) is 14.8. The molecule has 0 radical (unpaired) electrons. The molecule has 1 fully saturated rings. The number of ether oxygens (including phenoxy) is 1. The highest BCUT2D eigenvalue weighted by Gasteiger charge is 2.45. The van der Waals surface area contributed by atoms with Gasteiger partial charge < -0.3 is 14.7 Å². The first-order chi connectivity index (χ1) is 8.67. The molecular weight excluding hydrogens is 307 g/mol. The van der Waals surface area contributed by atoms with E-state index in [9.17, 15) is 5.11 Å². The highest BCUT2D eigenvalue weighted by Crippen LogP contribution is 2.34. The molecule has 104 valence electrons. The van der Waals surface area contributed by atoms with Gasteiger partial charge in [-0.2, -0.15) is 0 Å². The number of aliphatic imine (C=N–C) groups is 1. The van der Waals surface area contributed by atoms with E-state index in [1.807, 2.05) is 17.0 Å². The Balaban J connectivity index is 0.00000133. The Bertz CT molecular complexity index is 500. The predicted molar refractivity (Wildman–Crippen MR) is 80.6 cm³/mol. The zero-order chi connectivity index (χ0) is 12.6. The van der Waals surface area contributed by atoms with Crippen molar-refractivity contribution in [2.45, 2.75) is 5.72 Å². The number of nitrogens with zero attached hydrogens (tertiary/aromatic N) is 2. The first-order valence-electron chi connectivity index (χ1n) is 5.73. The molecular formula is C12H14Cl2N2O2S. The maximum atomic E-state index is 10.6. The van der Waals surface area contributed by atoms with Gasteiger partial charge in [-0.25, -0.2) is 0 Å². The number of hydrogen-bond acceptors (Lipinski definition) is 5. The fourth-order valence-electron chi connectivity index (χ4n) is 2.07. The normalized spacial score (nSPS) is 24.7. The lowest BCUT2D eigenvalue weighted by atomic mass is 10.2. The summed E-state index contributed by atoms with van der Waals surface area (Å²) in [7, 11) is 0. The van der Waals surface area contributed by atoms with E-state index in [2.05, 4.69) is 4.99 Å². The Morgan fingerprint density at radius 3 is 3.16 bits per heavy atom. The summed E-state index contributed by atoms with van der Waals surface area (Å²) in [4.78, 5) is 6.25. The molecule has 3 rings (SSSR count). The average molecular weight is 321 g/mol. The first-order valence-corrected chi connectivity index (χ1v) is 7.09. The van der Waals surface area contributed by atoms with Crippen LogP contribution in [0.4, 0.5) is 0 Å². The lowest BCUT2D eigenvalue weighted by Crippen LogP contribution is -2.51. The summed E-state index contributed by atoms with van der Waals surface area (Å²) in [5.74, 6) is 1.26. The van der Waals surface area contributed by atoms with E-state index in [-0.39, 0.29) is 19.0 Å². The van der Waals surface area contributed by atoms with Crippen molar-refractivity contribution in [3.8, 4) is 5.75 Å². The van der Waals surface area contributed by atoms with E-state index in [4.69, 9.17) is 16.3 Å². The van der Waals surface area contributed by atoms with E-state index in [1.165, 1.54) is 0 Å². The highest BCUT2D eigenvalue weighted by molar-refractivity contribution is 8.14. The number of benzene rings is 1. The smallest absolute Gasteiger partial charge is 0.184 e. The summed E-state index contributed by atoms with van der Waals surface area (Å²) in [5.41, 5.74) is -0.956. The van der Waals surface area contributed by atoms with Gasteiger partial charge in [0.15, 0.2) is 10.9 Å². The van der Waals surface area contributed by atoms with Gasteiger partial charge in [0.05, 0.1) is 12.3 Å². The van der Waals surface area contributed by atoms with Gasteiger partial charge in [0, 0.05) is 11.6 Å². The fourth-order valence-corrected chi connectivity index (χ4v) is 3.45. The summed E-state index contributed by atoms with van der Waals surface area (Å²) in [5, 5.41) is 12.1. The topological polar surface area (TPSA) is 45.1 Å². The third kappa shape index (κ3) is 2.94. The van der Waals surface area contributed by atoms with Crippen molar-refractivity contribution in [1.82, 2.24) is 4.90 Å². The quantitative estimate of drug-likeness (QED) is 0.927. The van der Waals surface area contributed by atoms with Crippen molar-refractivity contribution in [2.24, 2.45) is 4.99 Å². The highest BCUT2D eigenvalue weighted by atomic mass is 35.5. The standard InChI is InChI=1S/C12H13ClN2O2S.ClH/c13-9-2-1-3-10(6-9)17-7-12(16)8-18-11-14-4-5-15(11)12;/h1-3,6,16H,4-5,7-8H2;1H. The van der Waals surface area contributed by atoms with E-state index in [1.54, 1.807) is 23.9 Å². The van der Waals surface area contributed by atoms with Gasteiger partial charge in [-0.05, 0) is 18.2 Å². The summed E-state index contributed by atoms with van der Waals surface area (Å²) < 4.78 is 5.64. The van der Waals surface area contributed by atoms with Crippen molar-refractivity contribution < 1.29 is 9.84 Å². The predicted octanol–water partition coefficient (Wildman–Crippen LogP) is 2.25. The molecule has 0 amide bonds. The molecule has 1 unspecified atom stereocenters. The molecule has 0 bridgehead atoms. The molecule has 1 N–H and O–H groups in total. The number of thioether (sulfide) groups is 1. The Kier molecular flexibility index (Phi) is 4.50. The van der Waals surface area contributed by atoms with E-state index in [0.29, 0.717) is 16.5 Å². The van der Waals surface area contributed by atoms with Crippen molar-refractivity contribution >= 4 is 40.9 Å². The van der Waals surface area contributed by atoms with Crippen molar-refractivity contribution in [3.63, 3.8) is 0 Å². The van der Waals surface area contributed by atoms with Crippen molar-refractivity contribution in [3.05, 3.63) is 29.3 Å². The monoisotopic (exact) mass is 320 g/mol. The Hall–Kier alpha value is -0.620. The average Bonchev–Trinajstić information content (AvgIpc) is 2.93. The number of hydrogen-bond donors (Lipinski definition) is 1. The molecule has 2 aliphatic rings. The molecule has 2 heterocycles. The third-order valence-corrected chi connectivity index (χ3v) is 4.45. The molecule has 7 heteroatoms. The van der Waals surface area contributed by atoms with Gasteiger partial charge >= 0.3 is 0 Å². The molecule has 0 spiro atoms. The van der Waals surface area contributed by atoms with Crippen LogP contribution < -0.4 is 4.74 Å². The summed E-state index contributed by atoms with van der Waals surface area (Å²) >= 11 is 7.47. The minimum absolute atomic E-state index is 0. The van der Waals surface area contributed by atoms with Gasteiger partial charge in [-0.15, -0.1) is 12.4 Å². The minimum atomic E-state index is -0.956. The van der Waals surface area contributed by atoms with Crippen LogP contribution in [-0.2, 0) is 0 Å². The lowest BCUT2D eigenvalue weighted by Gasteiger charge is -2.31. The molecule has 1 atom stereocenters. The molecule has 1 aromatic rings. The fraction of sp³-hybridized carbons (Fsp3) is 0.417. The second-order valence-electron chi connectivity index (χ2n) is 4.33. The second kappa shape index (κ2) is 5.79. The van der Waals surface area contributed by atoms with Gasteiger partial charge in [0.1, 0.15) is 12.4 Å². The molecule has 2 aliphatic heterocycles. The zero-order valence-electron chi connectivity index (χ0n) is 10.1. The number of aliphatic hydroxyl groups is 1. The maximum Gasteiger partial charge on any atom is 0.184 e. The van der Waals surface area contributed by atoms with Crippen molar-refractivity contribution in [1.29, 1.82) is 0 Å². The second-order valence-corrected chi connectivity index (χ2v) is 5.71. The van der Waals surface area contributed by atoms with Gasteiger partial charge in [-0.1, -0.05) is 29.4 Å². The Morgan fingerprint density at radius 2 is 2.37 bits per heavy atom. The summed E-state index contributed by atoms with van der Waals surface area (Å²) in [6.45, 7) is 1.74. The zero-order valence-corrected chi connectivity index (χ0v) is 12.5. The molecule has 1 aromatic carbocycles. The van der Waals surface area contributed by atoms with Crippen LogP contribution in [0.3, 0.4) is 0 Å². The molecule has 0 saturated carbocycles. The van der Waals surface area contributed by atoms with Crippen LogP contribution in [0.15, 0.2) is 29.3 Å². The molecule has 19 heavy (non-hydrogen) atoms. The van der Waals surface area contributed by atoms with Crippen LogP contribution in [0.2, 0.25) is 5.02 Å². The van der Waals surface area contributed by atoms with E-state index < -0.39 is 5.72 Å². The van der Waals surface area contributed by atoms with Crippen LogP contribution in [0.1, 0.15) is 0 Å².